The van der Waals surface area contributed by atoms with Gasteiger partial charge in [0.25, 0.3) is 11.5 Å². The Hall–Kier alpha value is -2.09. The molecule has 2 N–H and O–H groups in total. The fraction of sp³-hybridized carbons (Fsp3) is 0.455. The zero-order valence-electron chi connectivity index (χ0n) is 10.8. The van der Waals surface area contributed by atoms with E-state index in [0.29, 0.717) is 0 Å². The molecular formula is C11H13ClN4O4. The molecule has 0 spiro atoms. The third-order valence-corrected chi connectivity index (χ3v) is 3.18. The molecule has 0 aromatic carbocycles. The van der Waals surface area contributed by atoms with Crippen LogP contribution in [-0.4, -0.2) is 38.5 Å². The lowest BCUT2D eigenvalue weighted by Gasteiger charge is -2.17. The second-order valence-corrected chi connectivity index (χ2v) is 5.10. The lowest BCUT2D eigenvalue weighted by atomic mass is 10.2. The number of aromatic nitrogens is 2. The van der Waals surface area contributed by atoms with E-state index < -0.39 is 29.2 Å². The molecule has 3 amide bonds. The number of H-pyrrole nitrogens is 1. The Bertz CT molecular complexity index is 678. The van der Waals surface area contributed by atoms with Gasteiger partial charge in [-0.2, -0.15) is 0 Å². The topological polar surface area (TPSA) is 104 Å². The Morgan fingerprint density at radius 3 is 2.50 bits per heavy atom. The van der Waals surface area contributed by atoms with Gasteiger partial charge in [-0.15, -0.1) is 0 Å². The number of rotatable bonds is 3. The summed E-state index contributed by atoms with van der Waals surface area (Å²) in [7, 11) is 0. The molecule has 0 bridgehead atoms. The van der Waals surface area contributed by atoms with Crippen molar-refractivity contribution >= 4 is 23.5 Å². The van der Waals surface area contributed by atoms with Gasteiger partial charge in [-0.1, -0.05) is 11.6 Å². The van der Waals surface area contributed by atoms with Gasteiger partial charge >= 0.3 is 11.7 Å². The molecule has 1 fully saturated rings. The molecular weight excluding hydrogens is 288 g/mol. The Morgan fingerprint density at radius 2 is 1.95 bits per heavy atom. The molecule has 2 rings (SSSR count). The molecule has 0 aliphatic carbocycles. The zero-order valence-corrected chi connectivity index (χ0v) is 11.6. The maximum atomic E-state index is 12.0. The maximum absolute atomic E-state index is 12.0. The second-order valence-electron chi connectivity index (χ2n) is 4.69. The fourth-order valence-corrected chi connectivity index (χ4v) is 2.14. The van der Waals surface area contributed by atoms with Gasteiger partial charge in [0.05, 0.1) is 6.54 Å². The number of amides is 3. The molecule has 108 valence electrons. The number of nitrogens with one attached hydrogen (secondary N) is 2. The quantitative estimate of drug-likeness (QED) is 0.736. The number of halogens is 1. The van der Waals surface area contributed by atoms with Crippen LogP contribution in [-0.2, 0) is 11.3 Å². The molecule has 0 saturated carbocycles. The first-order valence-corrected chi connectivity index (χ1v) is 6.32. The largest absolute Gasteiger partial charge is 0.328 e. The van der Waals surface area contributed by atoms with E-state index in [1.165, 1.54) is 0 Å². The zero-order chi connectivity index (χ0) is 15.0. The summed E-state index contributed by atoms with van der Waals surface area (Å²) < 4.78 is 1.08. The molecule has 1 saturated heterocycles. The van der Waals surface area contributed by atoms with E-state index >= 15 is 0 Å². The van der Waals surface area contributed by atoms with Crippen LogP contribution < -0.4 is 16.6 Å². The average molecular weight is 301 g/mol. The molecule has 2 heterocycles. The van der Waals surface area contributed by atoms with Gasteiger partial charge in [0.15, 0.2) is 0 Å². The normalized spacial score (nSPS) is 18.8. The van der Waals surface area contributed by atoms with Gasteiger partial charge in [0.2, 0.25) is 0 Å². The number of hydrogen-bond donors (Lipinski definition) is 2. The van der Waals surface area contributed by atoms with Crippen molar-refractivity contribution in [3.05, 3.63) is 32.1 Å². The first-order chi connectivity index (χ1) is 9.31. The summed E-state index contributed by atoms with van der Waals surface area (Å²) in [5.41, 5.74) is -1.39. The summed E-state index contributed by atoms with van der Waals surface area (Å²) >= 11 is 5.63. The van der Waals surface area contributed by atoms with Crippen LogP contribution in [0.1, 0.15) is 13.8 Å². The average Bonchev–Trinajstić information content (AvgIpc) is 2.61. The Morgan fingerprint density at radius 1 is 1.30 bits per heavy atom. The number of imide groups is 1. The van der Waals surface area contributed by atoms with Crippen molar-refractivity contribution in [2.75, 3.05) is 0 Å². The first-order valence-electron chi connectivity index (χ1n) is 5.94. The molecule has 8 nitrogen and oxygen atoms in total. The van der Waals surface area contributed by atoms with Gasteiger partial charge in [0, 0.05) is 12.2 Å². The van der Waals surface area contributed by atoms with Crippen LogP contribution in [0.15, 0.2) is 15.8 Å². The van der Waals surface area contributed by atoms with Gasteiger partial charge < -0.3 is 5.32 Å². The minimum atomic E-state index is -0.857. The van der Waals surface area contributed by atoms with E-state index in [2.05, 4.69) is 5.32 Å². The predicted molar refractivity (Wildman–Crippen MR) is 70.6 cm³/mol. The van der Waals surface area contributed by atoms with Gasteiger partial charge in [0.1, 0.15) is 11.1 Å². The van der Waals surface area contributed by atoms with Gasteiger partial charge in [-0.25, -0.2) is 9.59 Å². The highest BCUT2D eigenvalue weighted by Crippen LogP contribution is 2.11. The van der Waals surface area contributed by atoms with Crippen molar-refractivity contribution in [1.82, 2.24) is 19.8 Å². The number of nitrogens with zero attached hydrogens (tertiary/aromatic N) is 2. The standard InChI is InChI=1S/C11H13ClN4O4/c1-5(2)16-9(18)7(13-11(16)20)4-15-3-6(12)8(17)14-10(15)19/h3,5,7H,4H2,1-2H3,(H,13,20)(H,14,17,19)/t7-/m0/s1. The summed E-state index contributed by atoms with van der Waals surface area (Å²) in [5, 5.41) is 2.32. The van der Waals surface area contributed by atoms with Crippen LogP contribution in [0.2, 0.25) is 5.02 Å². The van der Waals surface area contributed by atoms with Crippen molar-refractivity contribution in [1.29, 1.82) is 0 Å². The molecule has 1 aliphatic rings. The lowest BCUT2D eigenvalue weighted by molar-refractivity contribution is -0.128. The number of aromatic amines is 1. The fourth-order valence-electron chi connectivity index (χ4n) is 1.98. The molecule has 1 aromatic heterocycles. The summed E-state index contributed by atoms with van der Waals surface area (Å²) in [6.07, 6.45) is 1.14. The van der Waals surface area contributed by atoms with E-state index in [1.807, 2.05) is 4.98 Å². The minimum Gasteiger partial charge on any atom is -0.324 e. The third kappa shape index (κ3) is 2.46. The molecule has 9 heteroatoms. The van der Waals surface area contributed by atoms with Crippen LogP contribution in [0.25, 0.3) is 0 Å². The summed E-state index contributed by atoms with van der Waals surface area (Å²) in [5.74, 6) is -0.417. The van der Waals surface area contributed by atoms with Crippen molar-refractivity contribution < 1.29 is 9.59 Å². The van der Waals surface area contributed by atoms with Crippen LogP contribution in [0, 0.1) is 0 Å². The van der Waals surface area contributed by atoms with Crippen LogP contribution in [0.4, 0.5) is 4.79 Å². The highest BCUT2D eigenvalue weighted by molar-refractivity contribution is 6.30. The second kappa shape index (κ2) is 5.12. The van der Waals surface area contributed by atoms with E-state index in [-0.39, 0.29) is 17.6 Å². The van der Waals surface area contributed by atoms with E-state index in [1.54, 1.807) is 13.8 Å². The Kier molecular flexibility index (Phi) is 3.67. The summed E-state index contributed by atoms with van der Waals surface area (Å²) in [6, 6.07) is -1.63. The van der Waals surface area contributed by atoms with Crippen LogP contribution >= 0.6 is 11.6 Å². The van der Waals surface area contributed by atoms with Crippen LogP contribution in [0.5, 0.6) is 0 Å². The SMILES string of the molecule is CC(C)N1C(=O)N[C@@H](Cn2cc(Cl)c(=O)[nH]c2=O)C1=O. The molecule has 1 aromatic rings. The molecule has 1 atom stereocenters. The summed E-state index contributed by atoms with van der Waals surface area (Å²) in [4.78, 5) is 49.5. The maximum Gasteiger partial charge on any atom is 0.328 e. The molecule has 0 unspecified atom stereocenters. The third-order valence-electron chi connectivity index (χ3n) is 2.92. The number of urea groups is 1. The number of carbonyl (C=O) groups excluding carboxylic acids is 2. The van der Waals surface area contributed by atoms with Crippen molar-refractivity contribution in [2.45, 2.75) is 32.5 Å². The van der Waals surface area contributed by atoms with Crippen molar-refractivity contribution in [3.8, 4) is 0 Å². The highest BCUT2D eigenvalue weighted by Gasteiger charge is 2.39. The van der Waals surface area contributed by atoms with Gasteiger partial charge in [-0.3, -0.25) is 24.0 Å². The van der Waals surface area contributed by atoms with Gasteiger partial charge in [-0.05, 0) is 13.8 Å². The molecule has 0 radical (unpaired) electrons. The first kappa shape index (κ1) is 14.3. The highest BCUT2D eigenvalue weighted by atomic mass is 35.5. The van der Waals surface area contributed by atoms with E-state index in [4.69, 9.17) is 11.6 Å². The monoisotopic (exact) mass is 300 g/mol. The van der Waals surface area contributed by atoms with E-state index in [9.17, 15) is 19.2 Å². The van der Waals surface area contributed by atoms with Crippen LogP contribution in [0.3, 0.4) is 0 Å². The predicted octanol–water partition coefficient (Wildman–Crippen LogP) is -0.481. The molecule has 1 aliphatic heterocycles. The summed E-state index contributed by atoms with van der Waals surface area (Å²) in [6.45, 7) is 3.33. The molecule has 20 heavy (non-hydrogen) atoms. The van der Waals surface area contributed by atoms with Crippen molar-refractivity contribution in [2.24, 2.45) is 0 Å². The van der Waals surface area contributed by atoms with Crippen molar-refractivity contribution in [3.63, 3.8) is 0 Å². The number of carbonyl (C=O) groups is 2. The Labute approximate surface area is 118 Å². The van der Waals surface area contributed by atoms with E-state index in [0.717, 1.165) is 15.7 Å². The smallest absolute Gasteiger partial charge is 0.324 e. The lowest BCUT2D eigenvalue weighted by Crippen LogP contribution is -2.40. The Balaban J connectivity index is 2.26. The number of hydrogen-bond acceptors (Lipinski definition) is 4. The minimum absolute atomic E-state index is 0.0941.